The van der Waals surface area contributed by atoms with Gasteiger partial charge in [-0.2, -0.15) is 0 Å². The van der Waals surface area contributed by atoms with Crippen molar-refractivity contribution in [1.82, 2.24) is 10.6 Å². The Labute approximate surface area is 131 Å². The highest BCUT2D eigenvalue weighted by molar-refractivity contribution is 7.10. The van der Waals surface area contributed by atoms with E-state index in [1.807, 2.05) is 6.07 Å². The predicted molar refractivity (Wildman–Crippen MR) is 86.5 cm³/mol. The van der Waals surface area contributed by atoms with Crippen LogP contribution in [0.1, 0.15) is 44.0 Å². The van der Waals surface area contributed by atoms with Crippen LogP contribution >= 0.6 is 11.3 Å². The summed E-state index contributed by atoms with van der Waals surface area (Å²) in [6, 6.07) is 4.22. The lowest BCUT2D eigenvalue weighted by Crippen LogP contribution is -2.34. The Morgan fingerprint density at radius 3 is 2.86 bits per heavy atom. The second kappa shape index (κ2) is 8.51. The van der Waals surface area contributed by atoms with Crippen LogP contribution in [-0.4, -0.2) is 31.7 Å². The standard InChI is InChI=1S/C16H26N2O2S/c1-12(2)16(14-4-3-11-21-14)18-15(19)7-10-20-13-5-8-17-9-6-13/h3-4,11-13,16-17H,5-10H2,1-2H3,(H,18,19). The van der Waals surface area contributed by atoms with Crippen LogP contribution < -0.4 is 10.6 Å². The van der Waals surface area contributed by atoms with Crippen LogP contribution in [0.15, 0.2) is 17.5 Å². The third kappa shape index (κ3) is 5.41. The van der Waals surface area contributed by atoms with Crippen molar-refractivity contribution < 1.29 is 9.53 Å². The average Bonchev–Trinajstić information content (AvgIpc) is 2.99. The summed E-state index contributed by atoms with van der Waals surface area (Å²) in [6.45, 7) is 6.83. The lowest BCUT2D eigenvalue weighted by atomic mass is 10.0. The Balaban J connectivity index is 1.72. The molecule has 1 aromatic heterocycles. The Morgan fingerprint density at radius 2 is 2.24 bits per heavy atom. The molecule has 0 radical (unpaired) electrons. The topological polar surface area (TPSA) is 50.4 Å². The highest BCUT2D eigenvalue weighted by Crippen LogP contribution is 2.25. The Morgan fingerprint density at radius 1 is 1.48 bits per heavy atom. The van der Waals surface area contributed by atoms with Crippen LogP contribution in [0.3, 0.4) is 0 Å². The summed E-state index contributed by atoms with van der Waals surface area (Å²) < 4.78 is 5.79. The van der Waals surface area contributed by atoms with Gasteiger partial charge in [0, 0.05) is 11.3 Å². The van der Waals surface area contributed by atoms with Gasteiger partial charge in [-0.15, -0.1) is 11.3 Å². The summed E-state index contributed by atoms with van der Waals surface area (Å²) >= 11 is 1.69. The summed E-state index contributed by atoms with van der Waals surface area (Å²) in [7, 11) is 0. The summed E-state index contributed by atoms with van der Waals surface area (Å²) in [4.78, 5) is 13.3. The number of carbonyl (C=O) groups excluding carboxylic acids is 1. The van der Waals surface area contributed by atoms with Gasteiger partial charge in [0.25, 0.3) is 0 Å². The fourth-order valence-corrected chi connectivity index (χ4v) is 3.51. The number of rotatable bonds is 7. The van der Waals surface area contributed by atoms with Crippen LogP contribution in [0.5, 0.6) is 0 Å². The first-order chi connectivity index (χ1) is 10.2. The van der Waals surface area contributed by atoms with Crippen molar-refractivity contribution in [2.45, 2.75) is 45.3 Å². The second-order valence-electron chi connectivity index (χ2n) is 5.87. The van der Waals surface area contributed by atoms with Gasteiger partial charge < -0.3 is 15.4 Å². The first-order valence-corrected chi connectivity index (χ1v) is 8.70. The molecule has 2 rings (SSSR count). The van der Waals surface area contributed by atoms with Gasteiger partial charge in [0.15, 0.2) is 0 Å². The van der Waals surface area contributed by atoms with Crippen molar-refractivity contribution in [3.63, 3.8) is 0 Å². The first kappa shape index (κ1) is 16.5. The fourth-order valence-electron chi connectivity index (χ4n) is 2.56. The summed E-state index contributed by atoms with van der Waals surface area (Å²) in [5, 5.41) is 8.50. The normalized spacial score (nSPS) is 17.9. The largest absolute Gasteiger partial charge is 0.378 e. The molecule has 4 nitrogen and oxygen atoms in total. The van der Waals surface area contributed by atoms with E-state index < -0.39 is 0 Å². The zero-order valence-electron chi connectivity index (χ0n) is 12.9. The van der Waals surface area contributed by atoms with Gasteiger partial charge in [-0.1, -0.05) is 19.9 Å². The Bertz CT molecular complexity index is 414. The third-order valence-electron chi connectivity index (χ3n) is 3.80. The minimum atomic E-state index is 0.0797. The zero-order valence-corrected chi connectivity index (χ0v) is 13.7. The van der Waals surface area contributed by atoms with Crippen molar-refractivity contribution in [2.75, 3.05) is 19.7 Å². The van der Waals surface area contributed by atoms with Gasteiger partial charge in [-0.05, 0) is 43.3 Å². The Kier molecular flexibility index (Phi) is 6.67. The monoisotopic (exact) mass is 310 g/mol. The number of carbonyl (C=O) groups is 1. The molecule has 1 fully saturated rings. The molecule has 1 aromatic rings. The fraction of sp³-hybridized carbons (Fsp3) is 0.688. The number of ether oxygens (including phenoxy) is 1. The van der Waals surface area contributed by atoms with E-state index in [0.717, 1.165) is 25.9 Å². The van der Waals surface area contributed by atoms with Crippen LogP contribution in [-0.2, 0) is 9.53 Å². The lowest BCUT2D eigenvalue weighted by Gasteiger charge is -2.24. The molecule has 1 saturated heterocycles. The van der Waals surface area contributed by atoms with E-state index in [0.29, 0.717) is 25.0 Å². The van der Waals surface area contributed by atoms with Gasteiger partial charge in [-0.25, -0.2) is 0 Å². The van der Waals surface area contributed by atoms with E-state index in [2.05, 4.69) is 35.9 Å². The number of piperidine rings is 1. The van der Waals surface area contributed by atoms with E-state index in [4.69, 9.17) is 4.74 Å². The SMILES string of the molecule is CC(C)C(NC(=O)CCOC1CCNCC1)c1cccs1. The van der Waals surface area contributed by atoms with Gasteiger partial charge in [-0.3, -0.25) is 4.79 Å². The van der Waals surface area contributed by atoms with E-state index >= 15 is 0 Å². The molecule has 118 valence electrons. The minimum absolute atomic E-state index is 0.0797. The van der Waals surface area contributed by atoms with Crippen LogP contribution in [0.25, 0.3) is 0 Å². The molecular formula is C16H26N2O2S. The molecule has 1 unspecified atom stereocenters. The smallest absolute Gasteiger partial charge is 0.222 e. The molecule has 1 amide bonds. The number of nitrogens with one attached hydrogen (secondary N) is 2. The zero-order chi connectivity index (χ0) is 15.1. The molecule has 0 saturated carbocycles. The van der Waals surface area contributed by atoms with Gasteiger partial charge in [0.05, 0.1) is 18.8 Å². The second-order valence-corrected chi connectivity index (χ2v) is 6.85. The summed E-state index contributed by atoms with van der Waals surface area (Å²) in [5.41, 5.74) is 0. The maximum Gasteiger partial charge on any atom is 0.222 e. The number of thiophene rings is 1. The van der Waals surface area contributed by atoms with E-state index in [-0.39, 0.29) is 11.9 Å². The molecule has 1 aliphatic heterocycles. The number of amides is 1. The number of hydrogen-bond donors (Lipinski definition) is 2. The molecule has 0 bridgehead atoms. The molecule has 0 aliphatic carbocycles. The molecule has 0 spiro atoms. The molecule has 5 heteroatoms. The van der Waals surface area contributed by atoms with E-state index in [9.17, 15) is 4.79 Å². The molecular weight excluding hydrogens is 284 g/mol. The van der Waals surface area contributed by atoms with Crippen LogP contribution in [0, 0.1) is 5.92 Å². The van der Waals surface area contributed by atoms with Crippen molar-refractivity contribution in [3.05, 3.63) is 22.4 Å². The quantitative estimate of drug-likeness (QED) is 0.814. The Hall–Kier alpha value is -0.910. The van der Waals surface area contributed by atoms with E-state index in [1.165, 1.54) is 4.88 Å². The molecule has 2 heterocycles. The lowest BCUT2D eigenvalue weighted by molar-refractivity contribution is -0.123. The number of hydrogen-bond acceptors (Lipinski definition) is 4. The third-order valence-corrected chi connectivity index (χ3v) is 4.76. The molecule has 2 N–H and O–H groups in total. The van der Waals surface area contributed by atoms with Crippen molar-refractivity contribution in [2.24, 2.45) is 5.92 Å². The maximum absolute atomic E-state index is 12.1. The first-order valence-electron chi connectivity index (χ1n) is 7.82. The molecule has 0 aromatic carbocycles. The molecule has 21 heavy (non-hydrogen) atoms. The van der Waals surface area contributed by atoms with Gasteiger partial charge >= 0.3 is 0 Å². The molecule has 1 atom stereocenters. The van der Waals surface area contributed by atoms with Crippen LogP contribution in [0.2, 0.25) is 0 Å². The van der Waals surface area contributed by atoms with E-state index in [1.54, 1.807) is 11.3 Å². The highest BCUT2D eigenvalue weighted by atomic mass is 32.1. The van der Waals surface area contributed by atoms with Gasteiger partial charge in [0.2, 0.25) is 5.91 Å². The average molecular weight is 310 g/mol. The predicted octanol–water partition coefficient (Wildman–Crippen LogP) is 2.72. The maximum atomic E-state index is 12.1. The van der Waals surface area contributed by atoms with Crippen molar-refractivity contribution in [3.8, 4) is 0 Å². The molecule has 1 aliphatic rings. The van der Waals surface area contributed by atoms with Crippen molar-refractivity contribution in [1.29, 1.82) is 0 Å². The van der Waals surface area contributed by atoms with Gasteiger partial charge in [0.1, 0.15) is 0 Å². The van der Waals surface area contributed by atoms with Crippen molar-refractivity contribution >= 4 is 17.2 Å². The van der Waals surface area contributed by atoms with Crippen LogP contribution in [0.4, 0.5) is 0 Å². The highest BCUT2D eigenvalue weighted by Gasteiger charge is 2.19. The summed E-state index contributed by atoms with van der Waals surface area (Å²) in [5.74, 6) is 0.467. The summed E-state index contributed by atoms with van der Waals surface area (Å²) in [6.07, 6.45) is 2.85. The minimum Gasteiger partial charge on any atom is -0.378 e.